The Bertz CT molecular complexity index is 828. The molecule has 1 aliphatic rings. The minimum atomic E-state index is 0.118. The summed E-state index contributed by atoms with van der Waals surface area (Å²) < 4.78 is 5.97. The van der Waals surface area contributed by atoms with Gasteiger partial charge in [0.25, 0.3) is 0 Å². The second-order valence-electron chi connectivity index (χ2n) is 10.0. The van der Waals surface area contributed by atoms with E-state index in [1.807, 2.05) is 36.4 Å². The molecule has 3 rings (SSSR count). The summed E-state index contributed by atoms with van der Waals surface area (Å²) in [7, 11) is 4.32. The van der Waals surface area contributed by atoms with Crippen LogP contribution >= 0.6 is 0 Å². The fraction of sp³-hybridized carbons (Fsp3) is 0.500. The van der Waals surface area contributed by atoms with Gasteiger partial charge in [0.15, 0.2) is 0 Å². The summed E-state index contributed by atoms with van der Waals surface area (Å²) in [6, 6.07) is 18.2. The van der Waals surface area contributed by atoms with Gasteiger partial charge < -0.3 is 19.9 Å². The quantitative estimate of drug-likeness (QED) is 0.571. The average molecular weight is 426 g/mol. The molecule has 1 aliphatic heterocycles. The molecule has 0 unspecified atom stereocenters. The predicted molar refractivity (Wildman–Crippen MR) is 125 cm³/mol. The minimum absolute atomic E-state index is 0.118. The van der Waals surface area contributed by atoms with E-state index < -0.39 is 0 Å². The summed E-state index contributed by atoms with van der Waals surface area (Å²) in [5.41, 5.74) is 1.40. The third-order valence-corrected chi connectivity index (χ3v) is 5.97. The van der Waals surface area contributed by atoms with E-state index in [9.17, 15) is 4.79 Å². The third-order valence-electron chi connectivity index (χ3n) is 5.97. The molecule has 0 spiro atoms. The van der Waals surface area contributed by atoms with Crippen molar-refractivity contribution in [3.05, 3.63) is 60.2 Å². The molecule has 168 valence electrons. The molecule has 5 heteroatoms. The van der Waals surface area contributed by atoms with Crippen molar-refractivity contribution < 1.29 is 19.3 Å². The molecule has 3 N–H and O–H groups in total. The van der Waals surface area contributed by atoms with E-state index in [0.29, 0.717) is 0 Å². The summed E-state index contributed by atoms with van der Waals surface area (Å²) in [4.78, 5) is 15.6. The zero-order valence-electron chi connectivity index (χ0n) is 19.5. The van der Waals surface area contributed by atoms with E-state index >= 15 is 0 Å². The van der Waals surface area contributed by atoms with E-state index in [4.69, 9.17) is 4.74 Å². The number of rotatable bonds is 9. The Balaban J connectivity index is 1.45. The highest BCUT2D eigenvalue weighted by Crippen LogP contribution is 2.21. The second-order valence-corrected chi connectivity index (χ2v) is 10.0. The molecule has 2 aromatic carbocycles. The van der Waals surface area contributed by atoms with Gasteiger partial charge in [0, 0.05) is 36.3 Å². The van der Waals surface area contributed by atoms with Crippen molar-refractivity contribution in [1.29, 1.82) is 0 Å². The highest BCUT2D eigenvalue weighted by atomic mass is 16.5. The van der Waals surface area contributed by atoms with Crippen molar-refractivity contribution in [3.63, 3.8) is 0 Å². The number of nitrogens with one attached hydrogen (secondary N) is 3. The molecule has 1 saturated heterocycles. The Morgan fingerprint density at radius 2 is 1.74 bits per heavy atom. The Labute approximate surface area is 187 Å². The van der Waals surface area contributed by atoms with Gasteiger partial charge in [0.1, 0.15) is 18.0 Å². The molecule has 31 heavy (non-hydrogen) atoms. The maximum atomic E-state index is 12.7. The first-order valence-electron chi connectivity index (χ1n) is 11.5. The third kappa shape index (κ3) is 7.67. The van der Waals surface area contributed by atoms with Gasteiger partial charge in [-0.25, -0.2) is 0 Å². The van der Waals surface area contributed by atoms with Crippen molar-refractivity contribution in [2.45, 2.75) is 33.2 Å². The number of hydrogen-bond donors (Lipinski definition) is 3. The number of piperidine rings is 1. The lowest BCUT2D eigenvalue weighted by Crippen LogP contribution is -3.11. The lowest BCUT2D eigenvalue weighted by atomic mass is 9.91. The van der Waals surface area contributed by atoms with Crippen LogP contribution in [-0.4, -0.2) is 46.2 Å². The van der Waals surface area contributed by atoms with Crippen molar-refractivity contribution in [3.8, 4) is 11.5 Å². The summed E-state index contributed by atoms with van der Waals surface area (Å²) >= 11 is 0. The molecule has 0 atom stereocenters. The molecular weight excluding hydrogens is 386 g/mol. The van der Waals surface area contributed by atoms with Crippen LogP contribution < -0.4 is 19.9 Å². The number of amides is 1. The fourth-order valence-corrected chi connectivity index (χ4v) is 4.59. The molecule has 0 radical (unpaired) electrons. The highest BCUT2D eigenvalue weighted by molar-refractivity contribution is 5.78. The smallest absolute Gasteiger partial charge is 0.223 e. The van der Waals surface area contributed by atoms with Crippen LogP contribution in [0.1, 0.15) is 32.3 Å². The maximum Gasteiger partial charge on any atom is 0.223 e. The van der Waals surface area contributed by atoms with Crippen molar-refractivity contribution in [2.24, 2.45) is 11.3 Å². The van der Waals surface area contributed by atoms with Gasteiger partial charge in [0.05, 0.1) is 33.7 Å². The molecule has 0 saturated carbocycles. The minimum Gasteiger partial charge on any atom is -0.457 e. The lowest BCUT2D eigenvalue weighted by Gasteiger charge is -2.30. The van der Waals surface area contributed by atoms with Crippen molar-refractivity contribution >= 4 is 5.91 Å². The average Bonchev–Trinajstić information content (AvgIpc) is 2.73. The molecule has 2 aromatic rings. The molecule has 1 heterocycles. The van der Waals surface area contributed by atoms with E-state index in [0.717, 1.165) is 57.1 Å². The van der Waals surface area contributed by atoms with Crippen LogP contribution in [0, 0.1) is 11.3 Å². The number of quaternary nitrogens is 2. The Morgan fingerprint density at radius 1 is 1.06 bits per heavy atom. The number of carbonyl (C=O) groups excluding carboxylic acids is 1. The fourth-order valence-electron chi connectivity index (χ4n) is 4.59. The Hall–Kier alpha value is -2.37. The molecule has 1 amide bonds. The number of benzene rings is 2. The van der Waals surface area contributed by atoms with Crippen molar-refractivity contribution in [1.82, 2.24) is 5.32 Å². The van der Waals surface area contributed by atoms with Gasteiger partial charge in [-0.1, -0.05) is 44.2 Å². The first-order valence-corrected chi connectivity index (χ1v) is 11.5. The molecule has 1 fully saturated rings. The number of carbonyl (C=O) groups is 1. The van der Waals surface area contributed by atoms with Crippen LogP contribution in [0.4, 0.5) is 0 Å². The van der Waals surface area contributed by atoms with Gasteiger partial charge in [0.2, 0.25) is 5.91 Å². The van der Waals surface area contributed by atoms with Crippen LogP contribution in [0.15, 0.2) is 54.6 Å². The van der Waals surface area contributed by atoms with Crippen LogP contribution in [0.2, 0.25) is 0 Å². The predicted octanol–water partition coefficient (Wildman–Crippen LogP) is 1.56. The van der Waals surface area contributed by atoms with E-state index in [-0.39, 0.29) is 17.2 Å². The zero-order valence-corrected chi connectivity index (χ0v) is 19.5. The standard InChI is InChI=1S/C26H37N3O2/c1-26(2,20-28(3)4)19-27-25(30)22-13-15-29(16-14-22)18-21-9-8-12-24(17-21)31-23-10-6-5-7-11-23/h5-12,17,22H,13-16,18-20H2,1-4H3,(H,27,30)/p+2. The van der Waals surface area contributed by atoms with Gasteiger partial charge in [-0.2, -0.15) is 0 Å². The number of hydrogen-bond acceptors (Lipinski definition) is 2. The van der Waals surface area contributed by atoms with Crippen LogP contribution in [-0.2, 0) is 11.3 Å². The van der Waals surface area contributed by atoms with Gasteiger partial charge >= 0.3 is 0 Å². The number of para-hydroxylation sites is 1. The van der Waals surface area contributed by atoms with Gasteiger partial charge in [-0.3, -0.25) is 4.79 Å². The summed E-state index contributed by atoms with van der Waals surface area (Å²) in [5, 5.41) is 3.22. The molecule has 5 nitrogen and oxygen atoms in total. The summed E-state index contributed by atoms with van der Waals surface area (Å²) in [6.07, 6.45) is 1.92. The van der Waals surface area contributed by atoms with Crippen LogP contribution in [0.25, 0.3) is 0 Å². The first-order chi connectivity index (χ1) is 14.8. The maximum absolute atomic E-state index is 12.7. The first kappa shape index (κ1) is 23.3. The zero-order chi connectivity index (χ0) is 22.3. The second kappa shape index (κ2) is 10.8. The largest absolute Gasteiger partial charge is 0.457 e. The van der Waals surface area contributed by atoms with E-state index in [1.54, 1.807) is 0 Å². The SMILES string of the molecule is C[NH+](C)CC(C)(C)CNC(=O)C1CC[NH+](Cc2cccc(Oc3ccccc3)c2)CC1. The molecule has 0 aliphatic carbocycles. The summed E-state index contributed by atoms with van der Waals surface area (Å²) in [5.74, 6) is 2.12. The highest BCUT2D eigenvalue weighted by Gasteiger charge is 2.29. The monoisotopic (exact) mass is 425 g/mol. The Kier molecular flexibility index (Phi) is 8.10. The van der Waals surface area contributed by atoms with E-state index in [2.05, 4.69) is 51.5 Å². The van der Waals surface area contributed by atoms with Gasteiger partial charge in [-0.05, 0) is 24.3 Å². The van der Waals surface area contributed by atoms with Crippen molar-refractivity contribution in [2.75, 3.05) is 40.3 Å². The van der Waals surface area contributed by atoms with Gasteiger partial charge in [-0.15, -0.1) is 0 Å². The Morgan fingerprint density at radius 3 is 2.42 bits per heavy atom. The molecule has 0 bridgehead atoms. The summed E-state index contributed by atoms with van der Waals surface area (Å²) in [6.45, 7) is 9.28. The van der Waals surface area contributed by atoms with Crippen LogP contribution in [0.5, 0.6) is 11.5 Å². The van der Waals surface area contributed by atoms with Crippen LogP contribution in [0.3, 0.4) is 0 Å². The number of likely N-dealkylation sites (tertiary alicyclic amines) is 1. The molecular formula is C26H39N3O2+2. The molecule has 0 aromatic heterocycles. The lowest BCUT2D eigenvalue weighted by molar-refractivity contribution is -0.919. The normalized spacial score (nSPS) is 19.3. The number of ether oxygens (including phenoxy) is 1. The topological polar surface area (TPSA) is 47.2 Å². The van der Waals surface area contributed by atoms with E-state index in [1.165, 1.54) is 15.4 Å².